The third-order valence-corrected chi connectivity index (χ3v) is 6.13. The van der Waals surface area contributed by atoms with Crippen LogP contribution in [-0.2, 0) is 14.6 Å². The summed E-state index contributed by atoms with van der Waals surface area (Å²) in [6.07, 6.45) is 1.18. The van der Waals surface area contributed by atoms with E-state index in [1.807, 2.05) is 31.2 Å². The van der Waals surface area contributed by atoms with Crippen molar-refractivity contribution < 1.29 is 13.2 Å². The Kier molecular flexibility index (Phi) is 3.75. The first-order chi connectivity index (χ1) is 9.98. The van der Waals surface area contributed by atoms with Crippen molar-refractivity contribution in [2.75, 3.05) is 18.1 Å². The predicted octanol–water partition coefficient (Wildman–Crippen LogP) is 1.00. The SMILES string of the molecule is Cc1ccccc1C1NCC(=O)N1C1CCCS(=O)(=O)C1. The van der Waals surface area contributed by atoms with Gasteiger partial charge in [-0.2, -0.15) is 0 Å². The zero-order valence-electron chi connectivity index (χ0n) is 12.1. The summed E-state index contributed by atoms with van der Waals surface area (Å²) in [5.41, 5.74) is 2.15. The van der Waals surface area contributed by atoms with Gasteiger partial charge in [-0.1, -0.05) is 24.3 Å². The normalized spacial score (nSPS) is 28.8. The Bertz CT molecular complexity index is 657. The minimum atomic E-state index is -3.03. The van der Waals surface area contributed by atoms with Gasteiger partial charge >= 0.3 is 0 Å². The average molecular weight is 308 g/mol. The molecule has 2 aliphatic rings. The van der Waals surface area contributed by atoms with Gasteiger partial charge in [0.05, 0.1) is 18.1 Å². The Morgan fingerprint density at radius 2 is 2.05 bits per heavy atom. The quantitative estimate of drug-likeness (QED) is 0.885. The monoisotopic (exact) mass is 308 g/mol. The first kappa shape index (κ1) is 14.5. The number of nitrogens with zero attached hydrogens (tertiary/aromatic N) is 1. The molecule has 1 aromatic carbocycles. The van der Waals surface area contributed by atoms with Gasteiger partial charge in [-0.3, -0.25) is 10.1 Å². The fourth-order valence-corrected chi connectivity index (χ4v) is 4.99. The van der Waals surface area contributed by atoms with Crippen molar-refractivity contribution in [3.63, 3.8) is 0 Å². The van der Waals surface area contributed by atoms with E-state index in [-0.39, 0.29) is 36.2 Å². The fraction of sp³-hybridized carbons (Fsp3) is 0.533. The molecule has 0 saturated carbocycles. The topological polar surface area (TPSA) is 66.5 Å². The lowest BCUT2D eigenvalue weighted by Gasteiger charge is -2.35. The molecule has 0 aliphatic carbocycles. The van der Waals surface area contributed by atoms with Crippen LogP contribution in [0.5, 0.6) is 0 Å². The van der Waals surface area contributed by atoms with Crippen LogP contribution in [0.1, 0.15) is 30.1 Å². The van der Waals surface area contributed by atoms with Crippen LogP contribution in [-0.4, -0.2) is 43.3 Å². The lowest BCUT2D eigenvalue weighted by atomic mass is 10.0. The molecule has 2 unspecified atom stereocenters. The van der Waals surface area contributed by atoms with Crippen LogP contribution >= 0.6 is 0 Å². The molecule has 2 atom stereocenters. The van der Waals surface area contributed by atoms with Crippen LogP contribution < -0.4 is 5.32 Å². The van der Waals surface area contributed by atoms with Gasteiger partial charge in [-0.15, -0.1) is 0 Å². The zero-order chi connectivity index (χ0) is 15.0. The van der Waals surface area contributed by atoms with Gasteiger partial charge < -0.3 is 4.90 Å². The number of amides is 1. The van der Waals surface area contributed by atoms with Crippen LogP contribution in [0.3, 0.4) is 0 Å². The van der Waals surface area contributed by atoms with Crippen LogP contribution in [0.25, 0.3) is 0 Å². The smallest absolute Gasteiger partial charge is 0.238 e. The minimum Gasteiger partial charge on any atom is -0.318 e. The molecule has 2 fully saturated rings. The van der Waals surface area contributed by atoms with E-state index >= 15 is 0 Å². The van der Waals surface area contributed by atoms with E-state index in [1.54, 1.807) is 4.90 Å². The summed E-state index contributed by atoms with van der Waals surface area (Å²) in [5, 5.41) is 3.22. The van der Waals surface area contributed by atoms with E-state index in [4.69, 9.17) is 0 Å². The molecule has 3 rings (SSSR count). The molecule has 21 heavy (non-hydrogen) atoms. The third kappa shape index (κ3) is 2.82. The largest absolute Gasteiger partial charge is 0.318 e. The van der Waals surface area contributed by atoms with Crippen molar-refractivity contribution in [3.8, 4) is 0 Å². The molecule has 2 saturated heterocycles. The minimum absolute atomic E-state index is 0.00893. The van der Waals surface area contributed by atoms with Gasteiger partial charge in [0.25, 0.3) is 0 Å². The number of aryl methyl sites for hydroxylation is 1. The summed E-state index contributed by atoms with van der Waals surface area (Å²) in [7, 11) is -3.03. The van der Waals surface area contributed by atoms with Crippen molar-refractivity contribution in [1.82, 2.24) is 10.2 Å². The van der Waals surface area contributed by atoms with Crippen LogP contribution in [0, 0.1) is 6.92 Å². The maximum atomic E-state index is 12.2. The molecule has 2 aliphatic heterocycles. The molecule has 6 heteroatoms. The highest BCUT2D eigenvalue weighted by molar-refractivity contribution is 7.91. The molecular formula is C15H20N2O3S. The summed E-state index contributed by atoms with van der Waals surface area (Å²) in [5.74, 6) is 0.321. The van der Waals surface area contributed by atoms with E-state index in [1.165, 1.54) is 0 Å². The molecule has 5 nitrogen and oxygen atoms in total. The maximum Gasteiger partial charge on any atom is 0.238 e. The second kappa shape index (κ2) is 5.42. The third-order valence-electron chi connectivity index (χ3n) is 4.33. The molecule has 1 amide bonds. The van der Waals surface area contributed by atoms with Gasteiger partial charge in [-0.05, 0) is 30.9 Å². The van der Waals surface area contributed by atoms with E-state index in [0.29, 0.717) is 6.42 Å². The van der Waals surface area contributed by atoms with Gasteiger partial charge in [0.2, 0.25) is 5.91 Å². The van der Waals surface area contributed by atoms with E-state index in [9.17, 15) is 13.2 Å². The highest BCUT2D eigenvalue weighted by Crippen LogP contribution is 2.30. The number of hydrogen-bond donors (Lipinski definition) is 1. The summed E-state index contributed by atoms with van der Waals surface area (Å²) >= 11 is 0. The number of carbonyl (C=O) groups excluding carboxylic acids is 1. The van der Waals surface area contributed by atoms with Crippen LogP contribution in [0.2, 0.25) is 0 Å². The van der Waals surface area contributed by atoms with Gasteiger partial charge in [0, 0.05) is 6.04 Å². The number of rotatable bonds is 2. The molecule has 0 spiro atoms. The number of nitrogens with one attached hydrogen (secondary N) is 1. The Morgan fingerprint density at radius 3 is 2.76 bits per heavy atom. The van der Waals surface area contributed by atoms with Crippen molar-refractivity contribution in [1.29, 1.82) is 0 Å². The molecule has 1 aromatic rings. The molecule has 2 heterocycles. The van der Waals surface area contributed by atoms with E-state index in [0.717, 1.165) is 17.5 Å². The second-order valence-electron chi connectivity index (χ2n) is 5.85. The Balaban J connectivity index is 1.91. The lowest BCUT2D eigenvalue weighted by molar-refractivity contribution is -0.130. The van der Waals surface area contributed by atoms with Gasteiger partial charge in [0.1, 0.15) is 6.17 Å². The predicted molar refractivity (Wildman–Crippen MR) is 80.4 cm³/mol. The molecule has 0 bridgehead atoms. The fourth-order valence-electron chi connectivity index (χ4n) is 3.30. The highest BCUT2D eigenvalue weighted by atomic mass is 32.2. The number of carbonyl (C=O) groups is 1. The number of sulfone groups is 1. The first-order valence-electron chi connectivity index (χ1n) is 7.28. The van der Waals surface area contributed by atoms with Crippen molar-refractivity contribution in [3.05, 3.63) is 35.4 Å². The van der Waals surface area contributed by atoms with Crippen LogP contribution in [0.15, 0.2) is 24.3 Å². The Morgan fingerprint density at radius 1 is 1.29 bits per heavy atom. The summed E-state index contributed by atoms with van der Waals surface area (Å²) in [6.45, 7) is 2.28. The average Bonchev–Trinajstić information content (AvgIpc) is 2.80. The number of hydrogen-bond acceptors (Lipinski definition) is 4. The van der Waals surface area contributed by atoms with Gasteiger partial charge in [0.15, 0.2) is 9.84 Å². The second-order valence-corrected chi connectivity index (χ2v) is 8.08. The van der Waals surface area contributed by atoms with Crippen molar-refractivity contribution in [2.45, 2.75) is 32.0 Å². The summed E-state index contributed by atoms with van der Waals surface area (Å²) < 4.78 is 23.8. The standard InChI is InChI=1S/C15H20N2O3S/c1-11-5-2-3-7-13(11)15-16-9-14(18)17(15)12-6-4-8-21(19,20)10-12/h2-3,5,7,12,15-16H,4,6,8-10H2,1H3. The Labute approximate surface area is 125 Å². The number of benzene rings is 1. The molecule has 0 radical (unpaired) electrons. The zero-order valence-corrected chi connectivity index (χ0v) is 12.9. The molecule has 0 aromatic heterocycles. The summed E-state index contributed by atoms with van der Waals surface area (Å²) in [6, 6.07) is 7.70. The molecule has 1 N–H and O–H groups in total. The highest BCUT2D eigenvalue weighted by Gasteiger charge is 2.40. The van der Waals surface area contributed by atoms with Crippen LogP contribution in [0.4, 0.5) is 0 Å². The molecule has 114 valence electrons. The summed E-state index contributed by atoms with van der Waals surface area (Å²) in [4.78, 5) is 14.0. The Hall–Kier alpha value is -1.40. The maximum absolute atomic E-state index is 12.2. The van der Waals surface area contributed by atoms with Crippen molar-refractivity contribution in [2.24, 2.45) is 0 Å². The van der Waals surface area contributed by atoms with Gasteiger partial charge in [-0.25, -0.2) is 8.42 Å². The first-order valence-corrected chi connectivity index (χ1v) is 9.10. The van der Waals surface area contributed by atoms with Crippen molar-refractivity contribution >= 4 is 15.7 Å². The van der Waals surface area contributed by atoms with E-state index in [2.05, 4.69) is 5.32 Å². The lowest BCUT2D eigenvalue weighted by Crippen LogP contribution is -2.46. The van der Waals surface area contributed by atoms with E-state index < -0.39 is 9.84 Å². The molecular weight excluding hydrogens is 288 g/mol.